The first-order valence-corrected chi connectivity index (χ1v) is 10.2. The van der Waals surface area contributed by atoms with Gasteiger partial charge in [0.15, 0.2) is 17.0 Å². The maximum atomic E-state index is 13.3. The molecule has 1 aliphatic rings. The van der Waals surface area contributed by atoms with Crippen LogP contribution in [0.1, 0.15) is 5.56 Å². The third kappa shape index (κ3) is 3.86. The van der Waals surface area contributed by atoms with E-state index in [1.54, 1.807) is 33.8 Å². The molecular formula is C22H19F2N7O. The molecule has 1 amide bonds. The van der Waals surface area contributed by atoms with E-state index in [9.17, 15) is 13.6 Å². The molecule has 8 nitrogen and oxygen atoms in total. The summed E-state index contributed by atoms with van der Waals surface area (Å²) in [5.74, 6) is 0.00279. The van der Waals surface area contributed by atoms with Gasteiger partial charge in [0.25, 0.3) is 0 Å². The summed E-state index contributed by atoms with van der Waals surface area (Å²) in [4.78, 5) is 25.2. The van der Waals surface area contributed by atoms with Crippen molar-refractivity contribution in [3.05, 3.63) is 72.1 Å². The van der Waals surface area contributed by atoms with E-state index in [-0.39, 0.29) is 24.0 Å². The third-order valence-electron chi connectivity index (χ3n) is 5.49. The maximum absolute atomic E-state index is 13.3. The number of halogens is 2. The predicted octanol–water partition coefficient (Wildman–Crippen LogP) is 2.38. The van der Waals surface area contributed by atoms with Crippen LogP contribution in [0, 0.1) is 11.6 Å². The number of aromatic nitrogens is 5. The topological polar surface area (TPSA) is 80.0 Å². The second-order valence-electron chi connectivity index (χ2n) is 7.52. The molecule has 1 aliphatic heterocycles. The summed E-state index contributed by atoms with van der Waals surface area (Å²) in [6.07, 6.45) is 1.69. The van der Waals surface area contributed by atoms with Gasteiger partial charge in [-0.25, -0.2) is 18.7 Å². The van der Waals surface area contributed by atoms with Gasteiger partial charge in [-0.3, -0.25) is 4.79 Å². The lowest BCUT2D eigenvalue weighted by Crippen LogP contribution is -2.49. The summed E-state index contributed by atoms with van der Waals surface area (Å²) in [5.41, 5.74) is 2.50. The minimum Gasteiger partial charge on any atom is -0.351 e. The van der Waals surface area contributed by atoms with Gasteiger partial charge in [0.2, 0.25) is 5.91 Å². The number of amides is 1. The van der Waals surface area contributed by atoms with Crippen molar-refractivity contribution in [3.8, 4) is 5.69 Å². The molecule has 0 radical (unpaired) electrons. The van der Waals surface area contributed by atoms with Crippen molar-refractivity contribution in [3.63, 3.8) is 0 Å². The van der Waals surface area contributed by atoms with Crippen molar-refractivity contribution < 1.29 is 13.6 Å². The van der Waals surface area contributed by atoms with Crippen LogP contribution in [-0.4, -0.2) is 61.9 Å². The molecule has 32 heavy (non-hydrogen) atoms. The first kappa shape index (κ1) is 20.0. The highest BCUT2D eigenvalue weighted by molar-refractivity contribution is 5.84. The summed E-state index contributed by atoms with van der Waals surface area (Å²) >= 11 is 0. The molecule has 0 bridgehead atoms. The van der Waals surface area contributed by atoms with Crippen LogP contribution in [0.2, 0.25) is 0 Å². The van der Waals surface area contributed by atoms with Gasteiger partial charge < -0.3 is 9.80 Å². The van der Waals surface area contributed by atoms with Gasteiger partial charge in [-0.1, -0.05) is 17.3 Å². The number of hydrogen-bond acceptors (Lipinski definition) is 6. The Morgan fingerprint density at radius 1 is 0.875 bits per heavy atom. The zero-order valence-electron chi connectivity index (χ0n) is 17.0. The highest BCUT2D eigenvalue weighted by Gasteiger charge is 2.25. The van der Waals surface area contributed by atoms with E-state index in [1.807, 2.05) is 0 Å². The molecule has 1 saturated heterocycles. The van der Waals surface area contributed by atoms with E-state index >= 15 is 0 Å². The molecule has 10 heteroatoms. The molecule has 0 aliphatic carbocycles. The molecule has 5 rings (SSSR count). The molecule has 162 valence electrons. The first-order chi connectivity index (χ1) is 15.6. The summed E-state index contributed by atoms with van der Waals surface area (Å²) in [6.45, 7) is 2.25. The van der Waals surface area contributed by atoms with Gasteiger partial charge in [0.1, 0.15) is 18.0 Å². The number of benzene rings is 2. The van der Waals surface area contributed by atoms with Crippen molar-refractivity contribution in [2.24, 2.45) is 0 Å². The van der Waals surface area contributed by atoms with Gasteiger partial charge in [-0.05, 0) is 42.0 Å². The highest BCUT2D eigenvalue weighted by Crippen LogP contribution is 2.24. The van der Waals surface area contributed by atoms with Crippen molar-refractivity contribution in [1.29, 1.82) is 0 Å². The lowest BCUT2D eigenvalue weighted by molar-refractivity contribution is -0.130. The Hall–Kier alpha value is -3.95. The van der Waals surface area contributed by atoms with Crippen molar-refractivity contribution in [2.75, 3.05) is 31.1 Å². The number of carbonyl (C=O) groups excluding carboxylic acids is 1. The van der Waals surface area contributed by atoms with Gasteiger partial charge in [-0.2, -0.15) is 4.68 Å². The maximum Gasteiger partial charge on any atom is 0.227 e. The molecule has 0 N–H and O–H groups in total. The Balaban J connectivity index is 1.30. The fraction of sp³-hybridized carbons (Fsp3) is 0.227. The molecule has 4 aromatic rings. The van der Waals surface area contributed by atoms with Gasteiger partial charge in [-0.15, -0.1) is 5.10 Å². The van der Waals surface area contributed by atoms with Crippen LogP contribution in [-0.2, 0) is 11.2 Å². The SMILES string of the molecule is O=C(Cc1ccc(F)cc1)N1CCN(c2ncnc3c2nnn3-c2ccc(F)cc2)CC1. The van der Waals surface area contributed by atoms with Gasteiger partial charge in [0, 0.05) is 26.2 Å². The largest absolute Gasteiger partial charge is 0.351 e. The number of fused-ring (bicyclic) bond motifs is 1. The molecule has 0 saturated carbocycles. The molecule has 0 unspecified atom stereocenters. The van der Waals surface area contributed by atoms with Crippen molar-refractivity contribution >= 4 is 22.9 Å². The molecular weight excluding hydrogens is 416 g/mol. The van der Waals surface area contributed by atoms with Crippen molar-refractivity contribution in [1.82, 2.24) is 29.9 Å². The van der Waals surface area contributed by atoms with Gasteiger partial charge >= 0.3 is 0 Å². The highest BCUT2D eigenvalue weighted by atomic mass is 19.1. The summed E-state index contributed by atoms with van der Waals surface area (Å²) in [5, 5.41) is 8.42. The zero-order chi connectivity index (χ0) is 22.1. The molecule has 1 fully saturated rings. The van der Waals surface area contributed by atoms with Crippen LogP contribution >= 0.6 is 0 Å². The smallest absolute Gasteiger partial charge is 0.227 e. The fourth-order valence-electron chi connectivity index (χ4n) is 3.78. The number of anilines is 1. The van der Waals surface area contributed by atoms with E-state index in [1.165, 1.54) is 30.6 Å². The number of hydrogen-bond donors (Lipinski definition) is 0. The second-order valence-corrected chi connectivity index (χ2v) is 7.52. The molecule has 3 heterocycles. The Morgan fingerprint density at radius 2 is 1.53 bits per heavy atom. The third-order valence-corrected chi connectivity index (χ3v) is 5.49. The van der Waals surface area contributed by atoms with E-state index < -0.39 is 0 Å². The Labute approximate surface area is 182 Å². The second kappa shape index (κ2) is 8.29. The lowest BCUT2D eigenvalue weighted by Gasteiger charge is -2.35. The standard InChI is InChI=1S/C22H19F2N7O/c23-16-3-1-15(2-4-16)13-19(32)29-9-11-30(12-10-29)21-20-22(26-14-25-21)31(28-27-20)18-7-5-17(24)6-8-18/h1-8,14H,9-13H2. The normalized spacial score (nSPS) is 14.2. The van der Waals surface area contributed by atoms with Crippen molar-refractivity contribution in [2.45, 2.75) is 6.42 Å². The lowest BCUT2D eigenvalue weighted by atomic mass is 10.1. The van der Waals surface area contributed by atoms with Crippen LogP contribution in [0.15, 0.2) is 54.9 Å². The summed E-state index contributed by atoms with van der Waals surface area (Å²) in [7, 11) is 0. The average molecular weight is 435 g/mol. The summed E-state index contributed by atoms with van der Waals surface area (Å²) < 4.78 is 27.9. The van der Waals surface area contributed by atoms with Crippen LogP contribution in [0.4, 0.5) is 14.6 Å². The van der Waals surface area contributed by atoms with E-state index in [2.05, 4.69) is 25.2 Å². The minimum atomic E-state index is -0.333. The van der Waals surface area contributed by atoms with Crippen LogP contribution in [0.5, 0.6) is 0 Å². The van der Waals surface area contributed by atoms with Gasteiger partial charge in [0.05, 0.1) is 12.1 Å². The average Bonchev–Trinajstić information content (AvgIpc) is 3.25. The number of carbonyl (C=O) groups is 1. The van der Waals surface area contributed by atoms with Crippen LogP contribution < -0.4 is 4.90 Å². The molecule has 2 aromatic heterocycles. The molecule has 0 atom stereocenters. The minimum absolute atomic E-state index is 0.00588. The Morgan fingerprint density at radius 3 is 2.22 bits per heavy atom. The quantitative estimate of drug-likeness (QED) is 0.490. The summed E-state index contributed by atoms with van der Waals surface area (Å²) in [6, 6.07) is 11.9. The zero-order valence-corrected chi connectivity index (χ0v) is 17.0. The van der Waals surface area contributed by atoms with E-state index in [4.69, 9.17) is 0 Å². The van der Waals surface area contributed by atoms with E-state index in [0.717, 1.165) is 5.56 Å². The van der Waals surface area contributed by atoms with Crippen LogP contribution in [0.25, 0.3) is 16.9 Å². The Kier molecular flexibility index (Phi) is 5.18. The first-order valence-electron chi connectivity index (χ1n) is 10.2. The predicted molar refractivity (Wildman–Crippen MR) is 113 cm³/mol. The monoisotopic (exact) mass is 435 g/mol. The Bertz CT molecular complexity index is 1250. The fourth-order valence-corrected chi connectivity index (χ4v) is 3.78. The number of piperazine rings is 1. The number of nitrogens with zero attached hydrogens (tertiary/aromatic N) is 7. The number of rotatable bonds is 4. The molecule has 2 aromatic carbocycles. The van der Waals surface area contributed by atoms with E-state index in [0.29, 0.717) is 48.8 Å². The van der Waals surface area contributed by atoms with Crippen LogP contribution in [0.3, 0.4) is 0 Å². The molecule has 0 spiro atoms.